The van der Waals surface area contributed by atoms with Crippen LogP contribution in [0.1, 0.15) is 25.3 Å². The van der Waals surface area contributed by atoms with Gasteiger partial charge in [0.25, 0.3) is 0 Å². The topological polar surface area (TPSA) is 92.3 Å². The molecule has 0 spiro atoms. The number of carbonyl (C=O) groups excluding carboxylic acids is 1. The Morgan fingerprint density at radius 2 is 1.91 bits per heavy atom. The van der Waals surface area contributed by atoms with Crippen molar-refractivity contribution in [2.24, 2.45) is 5.41 Å². The molecule has 0 N–H and O–H groups in total. The van der Waals surface area contributed by atoms with Gasteiger partial charge in [0.05, 0.1) is 33.0 Å². The zero-order valence-electron chi connectivity index (χ0n) is 13.0. The van der Waals surface area contributed by atoms with Gasteiger partial charge in [0, 0.05) is 0 Å². The molecule has 0 aliphatic carbocycles. The van der Waals surface area contributed by atoms with E-state index in [1.54, 1.807) is 25.1 Å². The monoisotopic (exact) mass is 302 g/mol. The Hall–Kier alpha value is -2.73. The van der Waals surface area contributed by atoms with Gasteiger partial charge >= 0.3 is 5.97 Å². The van der Waals surface area contributed by atoms with E-state index >= 15 is 0 Å². The lowest BCUT2D eigenvalue weighted by Crippen LogP contribution is -2.34. The third-order valence-corrected chi connectivity index (χ3v) is 3.38. The minimum atomic E-state index is -1.61. The Bertz CT molecular complexity index is 630. The van der Waals surface area contributed by atoms with Crippen molar-refractivity contribution in [3.8, 4) is 23.6 Å². The fourth-order valence-corrected chi connectivity index (χ4v) is 2.08. The van der Waals surface area contributed by atoms with Crippen molar-refractivity contribution >= 4 is 5.97 Å². The van der Waals surface area contributed by atoms with E-state index in [0.29, 0.717) is 17.1 Å². The molecule has 116 valence electrons. The van der Waals surface area contributed by atoms with Crippen LogP contribution in [-0.2, 0) is 9.53 Å². The number of methoxy groups -OCH3 is 2. The second kappa shape index (κ2) is 7.33. The van der Waals surface area contributed by atoms with Gasteiger partial charge in [-0.25, -0.2) is 0 Å². The lowest BCUT2D eigenvalue weighted by molar-refractivity contribution is -0.151. The maximum Gasteiger partial charge on any atom is 0.327 e. The predicted molar refractivity (Wildman–Crippen MR) is 78.3 cm³/mol. The number of esters is 1. The highest BCUT2D eigenvalue weighted by molar-refractivity contribution is 5.81. The first-order valence-electron chi connectivity index (χ1n) is 6.68. The minimum absolute atomic E-state index is 0.139. The minimum Gasteiger partial charge on any atom is -0.493 e. The summed E-state index contributed by atoms with van der Waals surface area (Å²) in [5.74, 6) is -0.794. The summed E-state index contributed by atoms with van der Waals surface area (Å²) >= 11 is 0. The molecule has 0 radical (unpaired) electrons. The summed E-state index contributed by atoms with van der Waals surface area (Å²) in [5.41, 5.74) is -1.12. The Balaban J connectivity index is 3.34. The normalized spacial score (nSPS) is 13.9. The van der Waals surface area contributed by atoms with Gasteiger partial charge in [-0.2, -0.15) is 10.5 Å². The first kappa shape index (κ1) is 17.3. The predicted octanol–water partition coefficient (Wildman–Crippen LogP) is 2.40. The van der Waals surface area contributed by atoms with Crippen LogP contribution < -0.4 is 9.47 Å². The Labute approximate surface area is 129 Å². The number of nitrogens with zero attached hydrogens (tertiary/aromatic N) is 2. The number of nitriles is 2. The smallest absolute Gasteiger partial charge is 0.327 e. The fourth-order valence-electron chi connectivity index (χ4n) is 2.08. The molecule has 1 aromatic rings. The Morgan fingerprint density at radius 3 is 2.36 bits per heavy atom. The van der Waals surface area contributed by atoms with Crippen LogP contribution in [-0.4, -0.2) is 26.8 Å². The third-order valence-electron chi connectivity index (χ3n) is 3.38. The van der Waals surface area contributed by atoms with Crippen LogP contribution in [0.3, 0.4) is 0 Å². The van der Waals surface area contributed by atoms with Crippen molar-refractivity contribution in [1.82, 2.24) is 0 Å². The molecule has 2 atom stereocenters. The van der Waals surface area contributed by atoms with Crippen LogP contribution in [0, 0.1) is 28.1 Å². The second-order valence-electron chi connectivity index (χ2n) is 4.71. The van der Waals surface area contributed by atoms with Gasteiger partial charge in [-0.1, -0.05) is 6.07 Å². The van der Waals surface area contributed by atoms with Gasteiger partial charge in [-0.15, -0.1) is 0 Å². The number of carbonyl (C=O) groups is 1. The molecule has 0 saturated carbocycles. The van der Waals surface area contributed by atoms with E-state index in [1.165, 1.54) is 21.1 Å². The van der Waals surface area contributed by atoms with E-state index in [2.05, 4.69) is 0 Å². The lowest BCUT2D eigenvalue weighted by atomic mass is 9.75. The summed E-state index contributed by atoms with van der Waals surface area (Å²) in [6.45, 7) is 3.18. The molecule has 0 amide bonds. The third kappa shape index (κ3) is 3.12. The van der Waals surface area contributed by atoms with Gasteiger partial charge in [0.1, 0.15) is 5.92 Å². The maximum atomic E-state index is 12.1. The standard InChI is InChI=1S/C16H18N2O4/c1-5-22-15(19)16(2,10-18)12(9-17)11-6-7-13(20-3)14(8-11)21-4/h6-8,12H,5H2,1-4H3. The van der Waals surface area contributed by atoms with Gasteiger partial charge in [0.2, 0.25) is 0 Å². The van der Waals surface area contributed by atoms with E-state index in [4.69, 9.17) is 14.2 Å². The van der Waals surface area contributed by atoms with Crippen LogP contribution in [0.5, 0.6) is 11.5 Å². The number of benzene rings is 1. The highest BCUT2D eigenvalue weighted by Crippen LogP contribution is 2.39. The summed E-state index contributed by atoms with van der Waals surface area (Å²) in [7, 11) is 2.97. The maximum absolute atomic E-state index is 12.1. The molecular formula is C16H18N2O4. The van der Waals surface area contributed by atoms with Crippen molar-refractivity contribution in [1.29, 1.82) is 10.5 Å². The summed E-state index contributed by atoms with van der Waals surface area (Å²) in [5, 5.41) is 18.9. The molecule has 0 heterocycles. The zero-order valence-corrected chi connectivity index (χ0v) is 13.0. The number of rotatable bonds is 6. The summed E-state index contributed by atoms with van der Waals surface area (Å²) < 4.78 is 15.3. The lowest BCUT2D eigenvalue weighted by Gasteiger charge is -2.25. The highest BCUT2D eigenvalue weighted by atomic mass is 16.5. The van der Waals surface area contributed by atoms with E-state index in [1.807, 2.05) is 12.1 Å². The van der Waals surface area contributed by atoms with Crippen LogP contribution in [0.15, 0.2) is 18.2 Å². The molecule has 0 aromatic heterocycles. The first-order chi connectivity index (χ1) is 10.5. The quantitative estimate of drug-likeness (QED) is 0.749. The SMILES string of the molecule is CCOC(=O)C(C)(C#N)C(C#N)c1ccc(OC)c(OC)c1. The zero-order chi connectivity index (χ0) is 16.8. The average Bonchev–Trinajstić information content (AvgIpc) is 2.55. The van der Waals surface area contributed by atoms with Crippen molar-refractivity contribution in [3.05, 3.63) is 23.8 Å². The van der Waals surface area contributed by atoms with Crippen molar-refractivity contribution in [2.45, 2.75) is 19.8 Å². The van der Waals surface area contributed by atoms with E-state index in [9.17, 15) is 15.3 Å². The van der Waals surface area contributed by atoms with E-state index in [-0.39, 0.29) is 6.61 Å². The van der Waals surface area contributed by atoms with Gasteiger partial charge in [-0.3, -0.25) is 4.79 Å². The first-order valence-corrected chi connectivity index (χ1v) is 6.68. The van der Waals surface area contributed by atoms with E-state index < -0.39 is 17.3 Å². The average molecular weight is 302 g/mol. The highest BCUT2D eigenvalue weighted by Gasteiger charge is 2.45. The molecule has 0 saturated heterocycles. The summed E-state index contributed by atoms with van der Waals surface area (Å²) in [6, 6.07) is 8.77. The van der Waals surface area contributed by atoms with Crippen LogP contribution in [0.2, 0.25) is 0 Å². The molecule has 0 fully saturated rings. The molecule has 1 aromatic carbocycles. The van der Waals surface area contributed by atoms with E-state index in [0.717, 1.165) is 0 Å². The molecule has 1 rings (SSSR count). The molecule has 0 bridgehead atoms. The number of hydrogen-bond donors (Lipinski definition) is 0. The largest absolute Gasteiger partial charge is 0.493 e. The Kier molecular flexibility index (Phi) is 5.77. The second-order valence-corrected chi connectivity index (χ2v) is 4.71. The number of ether oxygens (including phenoxy) is 3. The summed E-state index contributed by atoms with van der Waals surface area (Å²) in [4.78, 5) is 12.1. The molecule has 6 nitrogen and oxygen atoms in total. The molecule has 22 heavy (non-hydrogen) atoms. The Morgan fingerprint density at radius 1 is 1.27 bits per heavy atom. The molecule has 2 unspecified atom stereocenters. The van der Waals surface area contributed by atoms with Crippen LogP contribution in [0.4, 0.5) is 0 Å². The van der Waals surface area contributed by atoms with Crippen molar-refractivity contribution in [2.75, 3.05) is 20.8 Å². The van der Waals surface area contributed by atoms with Crippen molar-refractivity contribution in [3.63, 3.8) is 0 Å². The van der Waals surface area contributed by atoms with Gasteiger partial charge in [-0.05, 0) is 31.5 Å². The molecule has 0 aliphatic heterocycles. The summed E-state index contributed by atoms with van der Waals surface area (Å²) in [6.07, 6.45) is 0. The fraction of sp³-hybridized carbons (Fsp3) is 0.438. The molecule has 6 heteroatoms. The van der Waals surface area contributed by atoms with Gasteiger partial charge < -0.3 is 14.2 Å². The van der Waals surface area contributed by atoms with Crippen LogP contribution >= 0.6 is 0 Å². The van der Waals surface area contributed by atoms with Gasteiger partial charge in [0.15, 0.2) is 16.9 Å². The van der Waals surface area contributed by atoms with Crippen LogP contribution in [0.25, 0.3) is 0 Å². The van der Waals surface area contributed by atoms with Crippen molar-refractivity contribution < 1.29 is 19.0 Å². The molecular weight excluding hydrogens is 284 g/mol. The molecule has 0 aliphatic rings. The number of hydrogen-bond acceptors (Lipinski definition) is 6.